The zero-order valence-corrected chi connectivity index (χ0v) is 9.09. The third-order valence-electron chi connectivity index (χ3n) is 2.31. The summed E-state index contributed by atoms with van der Waals surface area (Å²) in [5.41, 5.74) is 0. The van der Waals surface area contributed by atoms with E-state index in [-0.39, 0.29) is 10.3 Å². The number of hydrogen-bond donors (Lipinski definition) is 1. The van der Waals surface area contributed by atoms with Crippen molar-refractivity contribution in [2.24, 2.45) is 0 Å². The number of fused-ring (bicyclic) bond motifs is 1. The van der Waals surface area contributed by atoms with Crippen LogP contribution in [0.1, 0.15) is 0 Å². The van der Waals surface area contributed by atoms with Gasteiger partial charge in [0.2, 0.25) is 10.0 Å². The molecule has 3 nitrogen and oxygen atoms in total. The zero-order valence-electron chi connectivity index (χ0n) is 8.27. The van der Waals surface area contributed by atoms with E-state index < -0.39 is 15.8 Å². The minimum atomic E-state index is -3.67. The fraction of sp³-hybridized carbons (Fsp3) is 0. The van der Waals surface area contributed by atoms with Crippen LogP contribution < -0.4 is 4.72 Å². The maximum absolute atomic E-state index is 13.4. The monoisotopic (exact) mass is 238 g/mol. The molecule has 5 heteroatoms. The number of nitrogens with one attached hydrogen (secondary N) is 1. The smallest absolute Gasteiger partial charge is 0.210 e. The highest BCUT2D eigenvalue weighted by atomic mass is 32.2. The van der Waals surface area contributed by atoms with E-state index in [9.17, 15) is 12.8 Å². The Morgan fingerprint density at radius 1 is 1.06 bits per heavy atom. The van der Waals surface area contributed by atoms with Gasteiger partial charge < -0.3 is 0 Å². The van der Waals surface area contributed by atoms with Gasteiger partial charge in [-0.15, -0.1) is 0 Å². The van der Waals surface area contributed by atoms with Gasteiger partial charge >= 0.3 is 0 Å². The highest BCUT2D eigenvalue weighted by Gasteiger charge is 2.16. The molecular weight excluding hydrogens is 229 g/mol. The molecule has 83 valence electrons. The summed E-state index contributed by atoms with van der Waals surface area (Å²) in [6, 6.07) is 8.76. The molecule has 0 saturated carbocycles. The van der Waals surface area contributed by atoms with Gasteiger partial charge in [0, 0.05) is 17.8 Å². The van der Waals surface area contributed by atoms with Crippen LogP contribution in [0.25, 0.3) is 10.8 Å². The molecule has 2 aromatic rings. The Labute approximate surface area is 93.0 Å². The number of hydrogen-bond acceptors (Lipinski definition) is 2. The lowest BCUT2D eigenvalue weighted by molar-refractivity contribution is 0.591. The molecular formula is C11H9FNO2S. The molecule has 0 bridgehead atoms. The topological polar surface area (TPSA) is 46.2 Å². The van der Waals surface area contributed by atoms with E-state index in [2.05, 4.69) is 7.05 Å². The lowest BCUT2D eigenvalue weighted by atomic mass is 10.1. The first-order valence-corrected chi connectivity index (χ1v) is 6.01. The molecule has 0 aliphatic heterocycles. The standard InChI is InChI=1S/C11H9FNO2S/c1-13-16(14,15)11-7-6-10(12)8-4-2-3-5-9(8)11/h2-7,13H,1H2. The van der Waals surface area contributed by atoms with Crippen LogP contribution in [0.15, 0.2) is 41.3 Å². The van der Waals surface area contributed by atoms with Crippen LogP contribution in [0.5, 0.6) is 0 Å². The molecule has 0 fully saturated rings. The van der Waals surface area contributed by atoms with E-state index in [4.69, 9.17) is 0 Å². The first kappa shape index (κ1) is 11.0. The first-order valence-electron chi connectivity index (χ1n) is 4.52. The van der Waals surface area contributed by atoms with Crippen LogP contribution >= 0.6 is 0 Å². The number of sulfonamides is 1. The van der Waals surface area contributed by atoms with E-state index >= 15 is 0 Å². The van der Waals surface area contributed by atoms with Crippen molar-refractivity contribution in [1.82, 2.24) is 4.72 Å². The second kappa shape index (κ2) is 3.84. The van der Waals surface area contributed by atoms with Gasteiger partial charge in [0.25, 0.3) is 0 Å². The highest BCUT2D eigenvalue weighted by Crippen LogP contribution is 2.24. The Kier molecular flexibility index (Phi) is 2.65. The molecule has 16 heavy (non-hydrogen) atoms. The fourth-order valence-electron chi connectivity index (χ4n) is 1.55. The van der Waals surface area contributed by atoms with Crippen molar-refractivity contribution in [3.63, 3.8) is 0 Å². The minimum Gasteiger partial charge on any atom is -0.210 e. The Morgan fingerprint density at radius 2 is 1.69 bits per heavy atom. The van der Waals surface area contributed by atoms with Gasteiger partial charge in [-0.25, -0.2) is 17.5 Å². The molecule has 2 rings (SSSR count). The third-order valence-corrected chi connectivity index (χ3v) is 3.63. The van der Waals surface area contributed by atoms with Crippen LogP contribution in [-0.4, -0.2) is 8.42 Å². The molecule has 0 unspecified atom stereocenters. The lowest BCUT2D eigenvalue weighted by Crippen LogP contribution is -2.16. The predicted molar refractivity (Wildman–Crippen MR) is 59.6 cm³/mol. The summed E-state index contributed by atoms with van der Waals surface area (Å²) in [4.78, 5) is 0.0273. The fourth-order valence-corrected chi connectivity index (χ4v) is 2.42. The van der Waals surface area contributed by atoms with Gasteiger partial charge in [0.1, 0.15) is 5.82 Å². The quantitative estimate of drug-likeness (QED) is 0.870. The highest BCUT2D eigenvalue weighted by molar-refractivity contribution is 7.89. The maximum Gasteiger partial charge on any atom is 0.241 e. The zero-order chi connectivity index (χ0) is 11.8. The van der Waals surface area contributed by atoms with Crippen molar-refractivity contribution in [1.29, 1.82) is 0 Å². The summed E-state index contributed by atoms with van der Waals surface area (Å²) >= 11 is 0. The molecule has 0 aliphatic carbocycles. The summed E-state index contributed by atoms with van der Waals surface area (Å²) in [6.07, 6.45) is 0. The van der Waals surface area contributed by atoms with E-state index in [1.807, 2.05) is 4.72 Å². The van der Waals surface area contributed by atoms with E-state index in [1.165, 1.54) is 12.1 Å². The van der Waals surface area contributed by atoms with Gasteiger partial charge in [-0.05, 0) is 12.1 Å². The van der Waals surface area contributed by atoms with Gasteiger partial charge in [-0.1, -0.05) is 24.3 Å². The largest absolute Gasteiger partial charge is 0.241 e. The van der Waals surface area contributed by atoms with Crippen molar-refractivity contribution in [2.45, 2.75) is 4.90 Å². The molecule has 0 aromatic heterocycles. The van der Waals surface area contributed by atoms with Crippen molar-refractivity contribution in [3.8, 4) is 0 Å². The molecule has 0 saturated heterocycles. The number of rotatable bonds is 2. The molecule has 0 spiro atoms. The number of benzene rings is 2. The lowest BCUT2D eigenvalue weighted by Gasteiger charge is -2.07. The molecule has 0 aliphatic rings. The SMILES string of the molecule is [CH2]NS(=O)(=O)c1ccc(F)c2ccccc12. The third kappa shape index (κ3) is 1.68. The van der Waals surface area contributed by atoms with Crippen LogP contribution in [-0.2, 0) is 10.0 Å². The average molecular weight is 238 g/mol. The van der Waals surface area contributed by atoms with E-state index in [0.29, 0.717) is 5.39 Å². The van der Waals surface area contributed by atoms with Crippen molar-refractivity contribution in [3.05, 3.63) is 49.3 Å². The summed E-state index contributed by atoms with van der Waals surface area (Å²) in [5, 5.41) is 0.623. The Morgan fingerprint density at radius 3 is 2.31 bits per heavy atom. The molecule has 1 N–H and O–H groups in total. The molecule has 0 heterocycles. The maximum atomic E-state index is 13.4. The van der Waals surface area contributed by atoms with Gasteiger partial charge in [0.15, 0.2) is 0 Å². The van der Waals surface area contributed by atoms with E-state index in [1.54, 1.807) is 18.2 Å². The predicted octanol–water partition coefficient (Wildman–Crippen LogP) is 2.05. The van der Waals surface area contributed by atoms with Crippen LogP contribution in [0.2, 0.25) is 0 Å². The van der Waals surface area contributed by atoms with Crippen molar-refractivity contribution in [2.75, 3.05) is 0 Å². The molecule has 1 radical (unpaired) electrons. The second-order valence-corrected chi connectivity index (χ2v) is 4.97. The Hall–Kier alpha value is -1.46. The molecule has 2 aromatic carbocycles. The summed E-state index contributed by atoms with van der Waals surface area (Å²) in [7, 11) is -0.538. The van der Waals surface area contributed by atoms with Crippen molar-refractivity contribution < 1.29 is 12.8 Å². The number of halogens is 1. The minimum absolute atomic E-state index is 0.0273. The van der Waals surface area contributed by atoms with Crippen LogP contribution in [0.3, 0.4) is 0 Å². The molecule has 0 amide bonds. The Bertz CT molecular complexity index is 637. The summed E-state index contributed by atoms with van der Waals surface area (Å²) < 4.78 is 38.7. The summed E-state index contributed by atoms with van der Waals surface area (Å²) in [5.74, 6) is -0.446. The average Bonchev–Trinajstić information content (AvgIpc) is 2.29. The Balaban J connectivity index is 2.88. The van der Waals surface area contributed by atoms with Crippen molar-refractivity contribution >= 4 is 20.8 Å². The van der Waals surface area contributed by atoms with Gasteiger partial charge in [-0.2, -0.15) is 0 Å². The summed E-state index contributed by atoms with van der Waals surface area (Å²) in [6.45, 7) is 0. The van der Waals surface area contributed by atoms with Crippen LogP contribution in [0.4, 0.5) is 4.39 Å². The van der Waals surface area contributed by atoms with Gasteiger partial charge in [-0.3, -0.25) is 0 Å². The second-order valence-electron chi connectivity index (χ2n) is 3.24. The molecule has 0 atom stereocenters. The van der Waals surface area contributed by atoms with Gasteiger partial charge in [0.05, 0.1) is 4.90 Å². The van der Waals surface area contributed by atoms with E-state index in [0.717, 1.165) is 6.07 Å². The van der Waals surface area contributed by atoms with Crippen LogP contribution in [0, 0.1) is 12.9 Å². The first-order chi connectivity index (χ1) is 7.56. The normalized spacial score (nSPS) is 11.9.